The topological polar surface area (TPSA) is 67.7 Å². The number of hydrogen-bond acceptors (Lipinski definition) is 7. The van der Waals surface area contributed by atoms with Gasteiger partial charge >= 0.3 is 6.36 Å². The van der Waals surface area contributed by atoms with Crippen molar-refractivity contribution >= 4 is 17.3 Å². The van der Waals surface area contributed by atoms with E-state index in [4.69, 9.17) is 4.74 Å². The molecule has 2 aromatic carbocycles. The first-order valence-corrected chi connectivity index (χ1v) is 11.1. The van der Waals surface area contributed by atoms with Crippen LogP contribution in [0.3, 0.4) is 0 Å². The summed E-state index contributed by atoms with van der Waals surface area (Å²) in [5.74, 6) is 0.103. The molecule has 11 heteroatoms. The van der Waals surface area contributed by atoms with Crippen molar-refractivity contribution in [2.45, 2.75) is 19.3 Å². The number of nitrogens with zero attached hydrogens (tertiary/aromatic N) is 5. The van der Waals surface area contributed by atoms with Gasteiger partial charge in [-0.05, 0) is 55.0 Å². The molecular weight excluding hydrogens is 449 g/mol. The number of hydrogen-bond donors (Lipinski definition) is 1. The van der Waals surface area contributed by atoms with E-state index in [1.807, 2.05) is 13.0 Å². The minimum absolute atomic E-state index is 0.288. The van der Waals surface area contributed by atoms with Gasteiger partial charge in [-0.3, -0.25) is 4.90 Å². The van der Waals surface area contributed by atoms with Crippen molar-refractivity contribution in [3.63, 3.8) is 0 Å². The second-order valence-electron chi connectivity index (χ2n) is 8.45. The molecule has 0 unspecified atom stereocenters. The molecule has 180 valence electrons. The lowest BCUT2D eigenvalue weighted by Crippen LogP contribution is -2.56. The van der Waals surface area contributed by atoms with Gasteiger partial charge in [-0.1, -0.05) is 0 Å². The molecule has 5 rings (SSSR count). The van der Waals surface area contributed by atoms with Gasteiger partial charge in [-0.25, -0.2) is 4.68 Å². The minimum Gasteiger partial charge on any atom is -0.406 e. The molecule has 0 radical (unpaired) electrons. The highest BCUT2D eigenvalue weighted by molar-refractivity contribution is 5.64. The number of piperazine rings is 1. The van der Waals surface area contributed by atoms with Crippen LogP contribution in [0.4, 0.5) is 30.5 Å². The summed E-state index contributed by atoms with van der Waals surface area (Å²) in [4.78, 5) is 9.16. The highest BCUT2D eigenvalue weighted by Crippen LogP contribution is 2.27. The molecule has 2 aliphatic rings. The molecule has 2 saturated heterocycles. The molecule has 0 aliphatic carbocycles. The van der Waals surface area contributed by atoms with Gasteiger partial charge in [0.05, 0.1) is 24.9 Å². The quantitative estimate of drug-likeness (QED) is 0.584. The lowest BCUT2D eigenvalue weighted by molar-refractivity contribution is -0.274. The number of rotatable bonds is 6. The van der Waals surface area contributed by atoms with Gasteiger partial charge in [0.1, 0.15) is 12.1 Å². The third kappa shape index (κ3) is 5.26. The summed E-state index contributed by atoms with van der Waals surface area (Å²) >= 11 is 0. The van der Waals surface area contributed by atoms with E-state index < -0.39 is 6.36 Å². The highest BCUT2D eigenvalue weighted by atomic mass is 19.4. The Hall–Kier alpha value is -3.31. The molecule has 3 aromatic rings. The maximum atomic E-state index is 12.3. The zero-order chi connectivity index (χ0) is 23.7. The Kier molecular flexibility index (Phi) is 6.05. The van der Waals surface area contributed by atoms with E-state index in [1.54, 1.807) is 0 Å². The summed E-state index contributed by atoms with van der Waals surface area (Å²) in [5, 5.41) is 7.63. The molecule has 2 aliphatic heterocycles. The number of alkyl halides is 3. The summed E-state index contributed by atoms with van der Waals surface area (Å²) in [6.07, 6.45) is -3.22. The zero-order valence-corrected chi connectivity index (χ0v) is 18.6. The number of nitrogens with one attached hydrogen (secondary N) is 1. The minimum atomic E-state index is -4.72. The van der Waals surface area contributed by atoms with Gasteiger partial charge in [0.25, 0.3) is 0 Å². The molecule has 0 atom stereocenters. The molecule has 0 bridgehead atoms. The molecule has 2 fully saturated rings. The van der Waals surface area contributed by atoms with Crippen molar-refractivity contribution in [2.75, 3.05) is 49.6 Å². The van der Waals surface area contributed by atoms with Gasteiger partial charge in [0.2, 0.25) is 5.95 Å². The maximum absolute atomic E-state index is 12.3. The maximum Gasteiger partial charge on any atom is 0.573 e. The predicted octanol–water partition coefficient (Wildman–Crippen LogP) is 3.74. The molecule has 0 spiro atoms. The Labute approximate surface area is 194 Å². The summed E-state index contributed by atoms with van der Waals surface area (Å²) in [6.45, 7) is 7.67. The van der Waals surface area contributed by atoms with Gasteiger partial charge in [-0.15, -0.1) is 18.3 Å². The van der Waals surface area contributed by atoms with Gasteiger partial charge in [-0.2, -0.15) is 4.98 Å². The fourth-order valence-corrected chi connectivity index (χ4v) is 4.17. The fraction of sp³-hybridized carbons (Fsp3) is 0.391. The SMILES string of the molecule is Cc1cc(Nc2ncn(-c3ccc(OC(F)(F)F)cc3)n2)cc(N2CCN(C3COC3)CC2)c1. The van der Waals surface area contributed by atoms with Crippen LogP contribution >= 0.6 is 0 Å². The number of ether oxygens (including phenoxy) is 2. The van der Waals surface area contributed by atoms with Crippen molar-refractivity contribution in [3.05, 3.63) is 54.4 Å². The van der Waals surface area contributed by atoms with Crippen molar-refractivity contribution < 1.29 is 22.6 Å². The average Bonchev–Trinajstić information content (AvgIpc) is 3.20. The first-order chi connectivity index (χ1) is 16.3. The van der Waals surface area contributed by atoms with Crippen molar-refractivity contribution in [3.8, 4) is 11.4 Å². The normalized spacial score (nSPS) is 17.5. The number of halogens is 3. The highest BCUT2D eigenvalue weighted by Gasteiger charge is 2.31. The van der Waals surface area contributed by atoms with Gasteiger partial charge < -0.3 is 19.7 Å². The summed E-state index contributed by atoms with van der Waals surface area (Å²) in [6, 6.07) is 12.3. The van der Waals surface area contributed by atoms with E-state index in [0.29, 0.717) is 17.7 Å². The van der Waals surface area contributed by atoms with Crippen LogP contribution in [0, 0.1) is 6.92 Å². The first-order valence-electron chi connectivity index (χ1n) is 11.1. The Morgan fingerprint density at radius 1 is 1.00 bits per heavy atom. The molecule has 8 nitrogen and oxygen atoms in total. The second-order valence-corrected chi connectivity index (χ2v) is 8.45. The van der Waals surface area contributed by atoms with E-state index >= 15 is 0 Å². The van der Waals surface area contributed by atoms with Crippen LogP contribution in [0.25, 0.3) is 5.69 Å². The fourth-order valence-electron chi connectivity index (χ4n) is 4.17. The molecule has 34 heavy (non-hydrogen) atoms. The number of aromatic nitrogens is 3. The summed E-state index contributed by atoms with van der Waals surface area (Å²) < 4.78 is 47.8. The Balaban J connectivity index is 1.24. The van der Waals surface area contributed by atoms with Gasteiger partial charge in [0.15, 0.2) is 0 Å². The third-order valence-corrected chi connectivity index (χ3v) is 5.96. The number of aryl methyl sites for hydroxylation is 1. The Bertz CT molecular complexity index is 1120. The van der Waals surface area contributed by atoms with E-state index in [2.05, 4.69) is 42.1 Å². The number of benzene rings is 2. The monoisotopic (exact) mass is 474 g/mol. The Morgan fingerprint density at radius 2 is 1.74 bits per heavy atom. The van der Waals surface area contributed by atoms with Crippen LogP contribution in [0.15, 0.2) is 48.8 Å². The zero-order valence-electron chi connectivity index (χ0n) is 18.6. The number of anilines is 3. The second kappa shape index (κ2) is 9.15. The molecule has 0 amide bonds. The molecular formula is C23H25F3N6O2. The first kappa shape index (κ1) is 22.5. The summed E-state index contributed by atoms with van der Waals surface area (Å²) in [5.41, 5.74) is 3.70. The van der Waals surface area contributed by atoms with Crippen molar-refractivity contribution in [1.82, 2.24) is 19.7 Å². The van der Waals surface area contributed by atoms with Crippen LogP contribution in [0.2, 0.25) is 0 Å². The third-order valence-electron chi connectivity index (χ3n) is 5.96. The molecule has 0 saturated carbocycles. The van der Waals surface area contributed by atoms with E-state index in [9.17, 15) is 13.2 Å². The molecule has 1 N–H and O–H groups in total. The molecule has 3 heterocycles. The van der Waals surface area contributed by atoms with Crippen LogP contribution < -0.4 is 15.0 Å². The lowest BCUT2D eigenvalue weighted by atomic mass is 10.1. The largest absolute Gasteiger partial charge is 0.573 e. The average molecular weight is 474 g/mol. The van der Waals surface area contributed by atoms with Crippen LogP contribution in [0.5, 0.6) is 5.75 Å². The van der Waals surface area contributed by atoms with Crippen LogP contribution in [-0.4, -0.2) is 71.5 Å². The van der Waals surface area contributed by atoms with E-state index in [1.165, 1.54) is 35.3 Å². The lowest BCUT2D eigenvalue weighted by Gasteiger charge is -2.43. The standard InChI is InChI=1S/C23H25F3N6O2/c1-16-10-17(12-19(11-16)30-6-8-31(9-7-30)20-13-33-14-20)28-22-27-15-32(29-22)18-2-4-21(5-3-18)34-23(24,25)26/h2-5,10-12,15,20H,6-9,13-14H2,1H3,(H,28,29). The van der Waals surface area contributed by atoms with Crippen molar-refractivity contribution in [2.24, 2.45) is 0 Å². The van der Waals surface area contributed by atoms with Gasteiger partial charge in [0, 0.05) is 37.6 Å². The van der Waals surface area contributed by atoms with Crippen LogP contribution in [0.1, 0.15) is 5.56 Å². The summed E-state index contributed by atoms with van der Waals surface area (Å²) in [7, 11) is 0. The van der Waals surface area contributed by atoms with E-state index in [0.717, 1.165) is 56.3 Å². The smallest absolute Gasteiger partial charge is 0.406 e. The van der Waals surface area contributed by atoms with Crippen molar-refractivity contribution in [1.29, 1.82) is 0 Å². The van der Waals surface area contributed by atoms with E-state index in [-0.39, 0.29) is 5.75 Å². The molecule has 1 aromatic heterocycles. The predicted molar refractivity (Wildman–Crippen MR) is 121 cm³/mol. The Morgan fingerprint density at radius 3 is 2.38 bits per heavy atom. The van der Waals surface area contributed by atoms with Crippen LogP contribution in [-0.2, 0) is 4.74 Å².